The van der Waals surface area contributed by atoms with Gasteiger partial charge in [0.2, 0.25) is 10.0 Å². The fraction of sp³-hybridized carbons (Fsp3) is 0.455. The van der Waals surface area contributed by atoms with Crippen LogP contribution < -0.4 is 15.8 Å². The molecule has 1 aromatic rings. The van der Waals surface area contributed by atoms with E-state index in [1.165, 1.54) is 12.1 Å². The van der Waals surface area contributed by atoms with Gasteiger partial charge in [-0.25, -0.2) is 22.9 Å². The summed E-state index contributed by atoms with van der Waals surface area (Å²) in [6, 6.07) is 2.72. The number of sulfonamides is 1. The number of anilines is 2. The van der Waals surface area contributed by atoms with Gasteiger partial charge in [0.15, 0.2) is 5.69 Å². The molecule has 0 aromatic carbocycles. The minimum absolute atomic E-state index is 0.143. The second kappa shape index (κ2) is 5.63. The summed E-state index contributed by atoms with van der Waals surface area (Å²) >= 11 is 0. The van der Waals surface area contributed by atoms with Crippen LogP contribution in [0.5, 0.6) is 0 Å². The van der Waals surface area contributed by atoms with E-state index in [0.717, 1.165) is 6.26 Å². The molecule has 1 heterocycles. The maximum atomic E-state index is 11.2. The van der Waals surface area contributed by atoms with Gasteiger partial charge in [0.05, 0.1) is 11.9 Å². The average molecular weight is 302 g/mol. The summed E-state index contributed by atoms with van der Waals surface area (Å²) in [5, 5.41) is 11.7. The number of hydrogen-bond acceptors (Lipinski definition) is 6. The second-order valence-corrected chi connectivity index (χ2v) is 6.80. The van der Waals surface area contributed by atoms with Crippen molar-refractivity contribution in [1.82, 2.24) is 9.71 Å². The molecule has 0 saturated heterocycles. The minimum Gasteiger partial charge on any atom is -0.477 e. The molecule has 112 valence electrons. The zero-order valence-electron chi connectivity index (χ0n) is 11.5. The molecule has 0 radical (unpaired) electrons. The van der Waals surface area contributed by atoms with E-state index in [0.29, 0.717) is 0 Å². The summed E-state index contributed by atoms with van der Waals surface area (Å²) in [5.74, 6) is -0.963. The van der Waals surface area contributed by atoms with Gasteiger partial charge in [-0.05, 0) is 26.0 Å². The van der Waals surface area contributed by atoms with Gasteiger partial charge in [-0.1, -0.05) is 0 Å². The first kappa shape index (κ1) is 16.2. The van der Waals surface area contributed by atoms with Crippen LogP contribution in [0.15, 0.2) is 12.1 Å². The van der Waals surface area contributed by atoms with Crippen LogP contribution in [0.3, 0.4) is 0 Å². The maximum Gasteiger partial charge on any atom is 0.354 e. The van der Waals surface area contributed by atoms with Crippen LogP contribution in [0, 0.1) is 0 Å². The Labute approximate surface area is 117 Å². The van der Waals surface area contributed by atoms with E-state index in [4.69, 9.17) is 10.8 Å². The van der Waals surface area contributed by atoms with Gasteiger partial charge in [0.25, 0.3) is 0 Å². The highest BCUT2D eigenvalue weighted by atomic mass is 32.2. The summed E-state index contributed by atoms with van der Waals surface area (Å²) in [6.45, 7) is 3.55. The summed E-state index contributed by atoms with van der Waals surface area (Å²) in [7, 11) is -3.35. The predicted octanol–water partition coefficient (Wildman–Crippen LogP) is 0.102. The van der Waals surface area contributed by atoms with Crippen molar-refractivity contribution in [2.24, 2.45) is 0 Å². The van der Waals surface area contributed by atoms with Crippen LogP contribution >= 0.6 is 0 Å². The molecule has 0 fully saturated rings. The average Bonchev–Trinajstić information content (AvgIpc) is 2.24. The Hall–Kier alpha value is -1.87. The Morgan fingerprint density at radius 2 is 2.05 bits per heavy atom. The molecule has 0 amide bonds. The topological polar surface area (TPSA) is 134 Å². The largest absolute Gasteiger partial charge is 0.477 e. The molecule has 1 rings (SSSR count). The van der Waals surface area contributed by atoms with E-state index >= 15 is 0 Å². The first-order chi connectivity index (χ1) is 9.00. The fourth-order valence-electron chi connectivity index (χ4n) is 1.57. The van der Waals surface area contributed by atoms with E-state index in [-0.39, 0.29) is 23.7 Å². The molecule has 0 unspecified atom stereocenters. The Balaban J connectivity index is 2.84. The molecule has 0 saturated carbocycles. The molecule has 5 N–H and O–H groups in total. The minimum atomic E-state index is -3.35. The highest BCUT2D eigenvalue weighted by Crippen LogP contribution is 2.17. The van der Waals surface area contributed by atoms with Crippen molar-refractivity contribution in [3.05, 3.63) is 17.8 Å². The molecule has 0 aliphatic heterocycles. The Kier molecular flexibility index (Phi) is 4.56. The van der Waals surface area contributed by atoms with Crippen molar-refractivity contribution in [3.63, 3.8) is 0 Å². The number of carboxylic acid groups (broad SMARTS) is 1. The molecule has 0 spiro atoms. The van der Waals surface area contributed by atoms with E-state index in [2.05, 4.69) is 15.0 Å². The van der Waals surface area contributed by atoms with Crippen LogP contribution in [0.1, 0.15) is 24.3 Å². The molecular weight excluding hydrogens is 284 g/mol. The van der Waals surface area contributed by atoms with Gasteiger partial charge < -0.3 is 16.2 Å². The third-order valence-corrected chi connectivity index (χ3v) is 3.23. The molecule has 0 atom stereocenters. The number of nitrogen functional groups attached to an aromatic ring is 1. The lowest BCUT2D eigenvalue weighted by Crippen LogP contribution is -2.47. The highest BCUT2D eigenvalue weighted by Gasteiger charge is 2.22. The number of nitrogens with zero attached hydrogens (tertiary/aromatic N) is 1. The quantitative estimate of drug-likeness (QED) is 0.585. The first-order valence-corrected chi connectivity index (χ1v) is 7.62. The van der Waals surface area contributed by atoms with E-state index in [1.807, 2.05) is 0 Å². The van der Waals surface area contributed by atoms with Gasteiger partial charge in [0.1, 0.15) is 5.82 Å². The lowest BCUT2D eigenvalue weighted by atomic mass is 10.1. The van der Waals surface area contributed by atoms with Crippen LogP contribution in [0.25, 0.3) is 0 Å². The van der Waals surface area contributed by atoms with E-state index in [1.54, 1.807) is 13.8 Å². The number of nitrogens with one attached hydrogen (secondary N) is 2. The van der Waals surface area contributed by atoms with Crippen LogP contribution in [-0.4, -0.2) is 42.8 Å². The SMILES string of the molecule is CC(C)(CNc1nc(C(=O)O)ccc1N)NS(C)(=O)=O. The molecule has 9 heteroatoms. The number of aromatic nitrogens is 1. The molecule has 0 aliphatic rings. The number of nitrogens with two attached hydrogens (primary N) is 1. The monoisotopic (exact) mass is 302 g/mol. The predicted molar refractivity (Wildman–Crippen MR) is 76.2 cm³/mol. The van der Waals surface area contributed by atoms with Crippen molar-refractivity contribution >= 4 is 27.5 Å². The van der Waals surface area contributed by atoms with Gasteiger partial charge in [-0.2, -0.15) is 0 Å². The third-order valence-electron chi connectivity index (χ3n) is 2.31. The molecule has 1 aromatic heterocycles. The summed E-state index contributed by atoms with van der Waals surface area (Å²) < 4.78 is 24.9. The van der Waals surface area contributed by atoms with Gasteiger partial charge in [-0.3, -0.25) is 0 Å². The Morgan fingerprint density at radius 3 is 2.55 bits per heavy atom. The van der Waals surface area contributed by atoms with E-state index < -0.39 is 21.5 Å². The zero-order chi connectivity index (χ0) is 15.6. The normalized spacial score (nSPS) is 12.2. The van der Waals surface area contributed by atoms with Crippen molar-refractivity contribution in [2.45, 2.75) is 19.4 Å². The van der Waals surface area contributed by atoms with Crippen LogP contribution in [-0.2, 0) is 10.0 Å². The van der Waals surface area contributed by atoms with Crippen LogP contribution in [0.2, 0.25) is 0 Å². The summed E-state index contributed by atoms with van der Waals surface area (Å²) in [6.07, 6.45) is 1.06. The first-order valence-electron chi connectivity index (χ1n) is 5.73. The maximum absolute atomic E-state index is 11.2. The fourth-order valence-corrected chi connectivity index (χ4v) is 2.65. The van der Waals surface area contributed by atoms with Crippen molar-refractivity contribution < 1.29 is 18.3 Å². The smallest absolute Gasteiger partial charge is 0.354 e. The van der Waals surface area contributed by atoms with E-state index in [9.17, 15) is 13.2 Å². The lowest BCUT2D eigenvalue weighted by molar-refractivity contribution is 0.0690. The van der Waals surface area contributed by atoms with Gasteiger partial charge in [0, 0.05) is 12.1 Å². The Morgan fingerprint density at radius 1 is 1.45 bits per heavy atom. The second-order valence-electron chi connectivity index (χ2n) is 5.05. The Bertz CT molecular complexity index is 613. The zero-order valence-corrected chi connectivity index (χ0v) is 12.3. The number of carboxylic acids is 1. The number of aromatic carboxylic acids is 1. The number of hydrogen-bond donors (Lipinski definition) is 4. The summed E-state index contributed by atoms with van der Waals surface area (Å²) in [5.41, 5.74) is 5.05. The highest BCUT2D eigenvalue weighted by molar-refractivity contribution is 7.88. The van der Waals surface area contributed by atoms with Crippen molar-refractivity contribution in [2.75, 3.05) is 23.9 Å². The number of pyridine rings is 1. The van der Waals surface area contributed by atoms with Gasteiger partial charge in [-0.15, -0.1) is 0 Å². The molecular formula is C11H18N4O4S. The third kappa shape index (κ3) is 5.02. The van der Waals surface area contributed by atoms with Crippen molar-refractivity contribution in [3.8, 4) is 0 Å². The standard InChI is InChI=1S/C11H18N4O4S/c1-11(2,15-20(3,18)19)6-13-9-7(12)4-5-8(14-9)10(16)17/h4-5,15H,6,12H2,1-3H3,(H,13,14)(H,16,17). The number of rotatable bonds is 6. The van der Waals surface area contributed by atoms with Gasteiger partial charge >= 0.3 is 5.97 Å². The lowest BCUT2D eigenvalue weighted by Gasteiger charge is -2.25. The van der Waals surface area contributed by atoms with Crippen LogP contribution in [0.4, 0.5) is 11.5 Å². The summed E-state index contributed by atoms with van der Waals surface area (Å²) in [4.78, 5) is 14.7. The number of carbonyl (C=O) groups is 1. The molecule has 20 heavy (non-hydrogen) atoms. The molecule has 8 nitrogen and oxygen atoms in total. The van der Waals surface area contributed by atoms with Crippen molar-refractivity contribution in [1.29, 1.82) is 0 Å². The molecule has 0 bridgehead atoms. The molecule has 0 aliphatic carbocycles.